The van der Waals surface area contributed by atoms with Crippen molar-refractivity contribution >= 4 is 12.3 Å². The summed E-state index contributed by atoms with van der Waals surface area (Å²) < 4.78 is 6.37. The summed E-state index contributed by atoms with van der Waals surface area (Å²) >= 11 is 0. The van der Waals surface area contributed by atoms with E-state index in [-0.39, 0.29) is 17.8 Å². The van der Waals surface area contributed by atoms with E-state index in [4.69, 9.17) is 4.74 Å². The van der Waals surface area contributed by atoms with Crippen molar-refractivity contribution in [1.29, 1.82) is 0 Å². The molecule has 4 aliphatic rings. The minimum atomic E-state index is -1.09. The summed E-state index contributed by atoms with van der Waals surface area (Å²) in [5.74, 6) is 0.696. The van der Waals surface area contributed by atoms with E-state index in [1.165, 1.54) is 38.5 Å². The number of unbranched alkanes of at least 4 members (excludes halogenated alkanes) is 6. The molecule has 0 aromatic carbocycles. The number of hydrogen-bond donors (Lipinski definition) is 1. The Bertz CT molecular complexity index is 772. The van der Waals surface area contributed by atoms with E-state index in [0.29, 0.717) is 31.5 Å². The largest absolute Gasteiger partial charge is 0.481 e. The fourth-order valence-corrected chi connectivity index (χ4v) is 9.05. The van der Waals surface area contributed by atoms with Gasteiger partial charge < -0.3 is 14.6 Å². The maximum atomic E-state index is 13.4. The first-order valence-corrected chi connectivity index (χ1v) is 13.8. The third-order valence-electron chi connectivity index (χ3n) is 10.4. The zero-order valence-corrected chi connectivity index (χ0v) is 21.4. The van der Waals surface area contributed by atoms with E-state index in [0.717, 1.165) is 37.5 Å². The first-order chi connectivity index (χ1) is 15.8. The third kappa shape index (κ3) is 3.40. The Labute approximate surface area is 200 Å². The maximum Gasteiger partial charge on any atom is 0.315 e. The maximum absolute atomic E-state index is 13.4. The topological polar surface area (TPSA) is 63.6 Å². The van der Waals surface area contributed by atoms with Crippen LogP contribution in [0.15, 0.2) is 11.6 Å². The molecule has 0 aromatic rings. The second-order valence-electron chi connectivity index (χ2n) is 12.2. The van der Waals surface area contributed by atoms with Gasteiger partial charge in [-0.2, -0.15) is 0 Å². The molecular formula is C29H46O4. The molecule has 186 valence electrons. The number of carboxylic acid groups (broad SMARTS) is 1. The Morgan fingerprint density at radius 1 is 1.15 bits per heavy atom. The Hall–Kier alpha value is -1.16. The Morgan fingerprint density at radius 2 is 1.85 bits per heavy atom. The fourth-order valence-electron chi connectivity index (χ4n) is 9.05. The number of carbonyl (C=O) groups excluding carboxylic acids is 1. The number of hydrogen-bond acceptors (Lipinski definition) is 3. The van der Waals surface area contributed by atoms with Crippen LogP contribution in [0.5, 0.6) is 0 Å². The highest BCUT2D eigenvalue weighted by molar-refractivity contribution is 5.90. The van der Waals surface area contributed by atoms with Crippen LogP contribution in [-0.4, -0.2) is 30.6 Å². The molecule has 4 unspecified atom stereocenters. The van der Waals surface area contributed by atoms with Crippen LogP contribution >= 0.6 is 0 Å². The normalized spacial score (nSPS) is 40.8. The van der Waals surface area contributed by atoms with Gasteiger partial charge in [-0.15, -0.1) is 0 Å². The van der Waals surface area contributed by atoms with Gasteiger partial charge in [0.2, 0.25) is 0 Å². The Kier molecular flexibility index (Phi) is 7.16. The van der Waals surface area contributed by atoms with Crippen molar-refractivity contribution in [3.8, 4) is 0 Å². The molecule has 4 nitrogen and oxygen atoms in total. The van der Waals surface area contributed by atoms with Crippen molar-refractivity contribution in [2.75, 3.05) is 13.2 Å². The molecule has 0 radical (unpaired) electrons. The highest BCUT2D eigenvalue weighted by Gasteiger charge is 2.84. The molecule has 7 atom stereocenters. The number of carboxylic acids is 1. The predicted octanol–water partition coefficient (Wildman–Crippen LogP) is 6.68. The van der Waals surface area contributed by atoms with Gasteiger partial charge in [-0.05, 0) is 55.3 Å². The van der Waals surface area contributed by atoms with Gasteiger partial charge in [0, 0.05) is 12.0 Å². The highest BCUT2D eigenvalue weighted by atomic mass is 16.5. The van der Waals surface area contributed by atoms with E-state index >= 15 is 0 Å². The van der Waals surface area contributed by atoms with E-state index in [9.17, 15) is 14.7 Å². The minimum absolute atomic E-state index is 0.128. The lowest BCUT2D eigenvalue weighted by Crippen LogP contribution is -2.63. The third-order valence-corrected chi connectivity index (χ3v) is 10.4. The van der Waals surface area contributed by atoms with Crippen LogP contribution in [0.1, 0.15) is 98.3 Å². The van der Waals surface area contributed by atoms with Gasteiger partial charge in [-0.1, -0.05) is 84.3 Å². The number of aldehydes is 1. The molecule has 0 saturated heterocycles. The van der Waals surface area contributed by atoms with E-state index in [1.54, 1.807) is 0 Å². The van der Waals surface area contributed by atoms with E-state index < -0.39 is 22.2 Å². The molecule has 0 aromatic heterocycles. The summed E-state index contributed by atoms with van der Waals surface area (Å²) in [4.78, 5) is 26.3. The van der Waals surface area contributed by atoms with Crippen molar-refractivity contribution in [1.82, 2.24) is 0 Å². The van der Waals surface area contributed by atoms with Gasteiger partial charge in [0.05, 0.1) is 12.0 Å². The zero-order chi connectivity index (χ0) is 23.9. The van der Waals surface area contributed by atoms with Crippen LogP contribution in [0.25, 0.3) is 0 Å². The van der Waals surface area contributed by atoms with Crippen LogP contribution in [0.3, 0.4) is 0 Å². The zero-order valence-electron chi connectivity index (χ0n) is 21.4. The summed E-state index contributed by atoms with van der Waals surface area (Å²) in [7, 11) is 0. The van der Waals surface area contributed by atoms with E-state index in [1.807, 2.05) is 0 Å². The van der Waals surface area contributed by atoms with Gasteiger partial charge in [0.15, 0.2) is 0 Å². The molecule has 4 bridgehead atoms. The SMILES string of the molecule is CCCCCCCCCOC[C@]12CC3C(C)CCC3[C@@]3(C=O)CC1C=C(C(C)C)[C@@]23C(=O)O. The number of allylic oxidation sites excluding steroid dienone is 1. The standard InChI is InChI=1S/C29H46O4/c1-5-6-7-8-9-10-11-14-33-19-28-17-23-21(4)12-13-24(23)27(18-30)16-22(28)15-25(20(2)3)29(27,28)26(31)32/h15,18,20-24H,5-14,16-17,19H2,1-4H3,(H,31,32)/t21?,22?,23?,24?,27-,28+,29-/m0/s1. The second-order valence-corrected chi connectivity index (χ2v) is 12.2. The lowest BCUT2D eigenvalue weighted by atomic mass is 9.43. The Morgan fingerprint density at radius 3 is 2.48 bits per heavy atom. The molecule has 0 spiro atoms. The Balaban J connectivity index is 1.57. The highest BCUT2D eigenvalue weighted by Crippen LogP contribution is 2.82. The predicted molar refractivity (Wildman–Crippen MR) is 131 cm³/mol. The van der Waals surface area contributed by atoms with Crippen LogP contribution in [-0.2, 0) is 14.3 Å². The molecule has 3 saturated carbocycles. The average Bonchev–Trinajstić information content (AvgIpc) is 3.35. The first kappa shape index (κ1) is 24.9. The summed E-state index contributed by atoms with van der Waals surface area (Å²) in [5.41, 5.74) is -1.32. The van der Waals surface area contributed by atoms with Crippen LogP contribution < -0.4 is 0 Å². The van der Waals surface area contributed by atoms with Crippen molar-refractivity contribution in [3.63, 3.8) is 0 Å². The molecule has 1 N–H and O–H groups in total. The quantitative estimate of drug-likeness (QED) is 0.190. The van der Waals surface area contributed by atoms with Crippen molar-refractivity contribution in [2.45, 2.75) is 98.3 Å². The molecule has 4 heteroatoms. The number of aliphatic carboxylic acids is 1. The monoisotopic (exact) mass is 458 g/mol. The van der Waals surface area contributed by atoms with Crippen molar-refractivity contribution < 1.29 is 19.4 Å². The summed E-state index contributed by atoms with van der Waals surface area (Å²) in [6, 6.07) is 0. The summed E-state index contributed by atoms with van der Waals surface area (Å²) in [5, 5.41) is 11.0. The molecular weight excluding hydrogens is 412 g/mol. The molecule has 33 heavy (non-hydrogen) atoms. The first-order valence-electron chi connectivity index (χ1n) is 13.8. The molecule has 0 aliphatic heterocycles. The van der Waals surface area contributed by atoms with Gasteiger partial charge in [0.25, 0.3) is 0 Å². The van der Waals surface area contributed by atoms with Crippen molar-refractivity contribution in [2.24, 2.45) is 45.8 Å². The molecule has 0 amide bonds. The van der Waals surface area contributed by atoms with Crippen LogP contribution in [0.2, 0.25) is 0 Å². The fraction of sp³-hybridized carbons (Fsp3) is 0.862. The van der Waals surface area contributed by atoms with Crippen LogP contribution in [0.4, 0.5) is 0 Å². The van der Waals surface area contributed by atoms with Gasteiger partial charge in [-0.25, -0.2) is 0 Å². The minimum Gasteiger partial charge on any atom is -0.481 e. The molecule has 4 rings (SSSR count). The second kappa shape index (κ2) is 9.47. The van der Waals surface area contributed by atoms with Gasteiger partial charge in [0.1, 0.15) is 11.7 Å². The average molecular weight is 459 g/mol. The van der Waals surface area contributed by atoms with Gasteiger partial charge in [-0.3, -0.25) is 4.79 Å². The van der Waals surface area contributed by atoms with E-state index in [2.05, 4.69) is 33.8 Å². The number of rotatable bonds is 13. The molecule has 3 fully saturated rings. The van der Waals surface area contributed by atoms with Crippen LogP contribution in [0, 0.1) is 45.8 Å². The van der Waals surface area contributed by atoms with Gasteiger partial charge >= 0.3 is 5.97 Å². The lowest BCUT2D eigenvalue weighted by Gasteiger charge is -2.58. The summed E-state index contributed by atoms with van der Waals surface area (Å²) in [6.07, 6.45) is 15.8. The van der Waals surface area contributed by atoms with Crippen molar-refractivity contribution in [3.05, 3.63) is 11.6 Å². The lowest BCUT2D eigenvalue weighted by molar-refractivity contribution is -0.186. The number of ether oxygens (including phenoxy) is 1. The molecule has 0 heterocycles. The smallest absolute Gasteiger partial charge is 0.315 e. The number of fused-ring (bicyclic) bond motifs is 2. The number of carbonyl (C=O) groups is 2. The molecule has 4 aliphatic carbocycles. The summed E-state index contributed by atoms with van der Waals surface area (Å²) in [6.45, 7) is 9.95.